The Morgan fingerprint density at radius 2 is 2.14 bits per heavy atom. The van der Waals surface area contributed by atoms with E-state index in [4.69, 9.17) is 14.7 Å². The summed E-state index contributed by atoms with van der Waals surface area (Å²) >= 11 is 0. The van der Waals surface area contributed by atoms with Crippen molar-refractivity contribution in [1.29, 1.82) is 0 Å². The fraction of sp³-hybridized carbons (Fsp3) is 0.357. The fourth-order valence-electron chi connectivity index (χ4n) is 1.98. The Kier molecular flexibility index (Phi) is 4.11. The molecular formula is C14H15NO6. The third-order valence-corrected chi connectivity index (χ3v) is 3.03. The van der Waals surface area contributed by atoms with Gasteiger partial charge in [0.05, 0.1) is 12.8 Å². The third kappa shape index (κ3) is 3.13. The van der Waals surface area contributed by atoms with E-state index in [0.717, 1.165) is 0 Å². The highest BCUT2D eigenvalue weighted by atomic mass is 16.7. The Hall–Kier alpha value is -2.57. The number of hydrogen-bond acceptors (Lipinski definition) is 6. The SMILES string of the molecule is COC(=O)C1(C)CC(c2ccccc2OCC(=O)O)=NO1. The summed E-state index contributed by atoms with van der Waals surface area (Å²) in [4.78, 5) is 27.5. The van der Waals surface area contributed by atoms with Crippen LogP contribution in [0, 0.1) is 0 Å². The number of oxime groups is 1. The van der Waals surface area contributed by atoms with Crippen LogP contribution in [-0.2, 0) is 19.2 Å². The molecule has 21 heavy (non-hydrogen) atoms. The molecule has 1 heterocycles. The summed E-state index contributed by atoms with van der Waals surface area (Å²) in [6.07, 6.45) is 0.215. The predicted molar refractivity (Wildman–Crippen MR) is 72.2 cm³/mol. The normalized spacial score (nSPS) is 20.4. The molecule has 0 bridgehead atoms. The number of aliphatic carboxylic acids is 1. The Morgan fingerprint density at radius 1 is 1.43 bits per heavy atom. The Bertz CT molecular complexity index is 597. The van der Waals surface area contributed by atoms with E-state index in [1.165, 1.54) is 7.11 Å². The van der Waals surface area contributed by atoms with E-state index in [1.807, 2.05) is 0 Å². The van der Waals surface area contributed by atoms with Crippen LogP contribution < -0.4 is 4.74 Å². The monoisotopic (exact) mass is 293 g/mol. The van der Waals surface area contributed by atoms with E-state index >= 15 is 0 Å². The van der Waals surface area contributed by atoms with Crippen LogP contribution in [0.1, 0.15) is 18.9 Å². The Morgan fingerprint density at radius 3 is 2.81 bits per heavy atom. The summed E-state index contributed by atoms with van der Waals surface area (Å²) in [7, 11) is 1.28. The van der Waals surface area contributed by atoms with Crippen molar-refractivity contribution in [1.82, 2.24) is 0 Å². The van der Waals surface area contributed by atoms with Gasteiger partial charge in [-0.2, -0.15) is 0 Å². The minimum absolute atomic E-state index is 0.215. The predicted octanol–water partition coefficient (Wildman–Crippen LogP) is 1.21. The first-order valence-electron chi connectivity index (χ1n) is 6.24. The number of rotatable bonds is 5. The van der Waals surface area contributed by atoms with Crippen molar-refractivity contribution in [2.45, 2.75) is 18.9 Å². The van der Waals surface area contributed by atoms with Gasteiger partial charge in [0, 0.05) is 12.0 Å². The fourth-order valence-corrected chi connectivity index (χ4v) is 1.98. The lowest BCUT2D eigenvalue weighted by atomic mass is 9.95. The third-order valence-electron chi connectivity index (χ3n) is 3.03. The van der Waals surface area contributed by atoms with Gasteiger partial charge in [-0.25, -0.2) is 9.59 Å². The molecule has 0 aromatic heterocycles. The van der Waals surface area contributed by atoms with E-state index in [2.05, 4.69) is 9.89 Å². The average molecular weight is 293 g/mol. The first-order valence-corrected chi connectivity index (χ1v) is 6.24. The zero-order chi connectivity index (χ0) is 15.5. The number of methoxy groups -OCH3 is 1. The van der Waals surface area contributed by atoms with E-state index in [9.17, 15) is 9.59 Å². The van der Waals surface area contributed by atoms with E-state index in [-0.39, 0.29) is 6.42 Å². The number of hydrogen-bond donors (Lipinski definition) is 1. The Labute approximate surface area is 121 Å². The second-order valence-electron chi connectivity index (χ2n) is 4.71. The number of esters is 1. The molecule has 1 aliphatic heterocycles. The average Bonchev–Trinajstić information content (AvgIpc) is 2.88. The van der Waals surface area contributed by atoms with Crippen molar-refractivity contribution in [2.24, 2.45) is 5.16 Å². The molecule has 0 aliphatic carbocycles. The molecule has 112 valence electrons. The van der Waals surface area contributed by atoms with E-state index in [1.54, 1.807) is 31.2 Å². The molecule has 1 atom stereocenters. The van der Waals surface area contributed by atoms with Crippen LogP contribution in [0.2, 0.25) is 0 Å². The van der Waals surface area contributed by atoms with Crippen molar-refractivity contribution >= 4 is 17.7 Å². The molecule has 7 nitrogen and oxygen atoms in total. The van der Waals surface area contributed by atoms with Gasteiger partial charge in [0.15, 0.2) is 6.61 Å². The summed E-state index contributed by atoms with van der Waals surface area (Å²) in [6, 6.07) is 6.84. The van der Waals surface area contributed by atoms with Crippen molar-refractivity contribution < 1.29 is 29.0 Å². The first-order chi connectivity index (χ1) is 9.96. The Balaban J connectivity index is 2.20. The molecule has 0 saturated carbocycles. The summed E-state index contributed by atoms with van der Waals surface area (Å²) in [5.74, 6) is -1.23. The number of nitrogens with zero attached hydrogens (tertiary/aromatic N) is 1. The molecule has 1 N–H and O–H groups in total. The van der Waals surface area contributed by atoms with Crippen LogP contribution in [0.3, 0.4) is 0 Å². The molecule has 1 unspecified atom stereocenters. The highest BCUT2D eigenvalue weighted by Crippen LogP contribution is 2.31. The van der Waals surface area contributed by atoms with Crippen LogP contribution in [0.4, 0.5) is 0 Å². The number of carbonyl (C=O) groups excluding carboxylic acids is 1. The summed E-state index contributed by atoms with van der Waals surface area (Å²) in [5, 5.41) is 12.6. The molecule has 1 aliphatic rings. The lowest BCUT2D eigenvalue weighted by molar-refractivity contribution is -0.164. The minimum atomic E-state index is -1.18. The van der Waals surface area contributed by atoms with Crippen molar-refractivity contribution in [2.75, 3.05) is 13.7 Å². The van der Waals surface area contributed by atoms with E-state index in [0.29, 0.717) is 17.0 Å². The molecule has 0 radical (unpaired) electrons. The van der Waals surface area contributed by atoms with Gasteiger partial charge in [-0.1, -0.05) is 17.3 Å². The number of carboxylic acids is 1. The zero-order valence-corrected chi connectivity index (χ0v) is 11.7. The summed E-state index contributed by atoms with van der Waals surface area (Å²) in [5.41, 5.74) is -0.0838. The van der Waals surface area contributed by atoms with Gasteiger partial charge in [-0.15, -0.1) is 0 Å². The minimum Gasteiger partial charge on any atom is -0.481 e. The summed E-state index contributed by atoms with van der Waals surface area (Å²) in [6.45, 7) is 1.12. The van der Waals surface area contributed by atoms with Gasteiger partial charge in [0.25, 0.3) is 0 Å². The zero-order valence-electron chi connectivity index (χ0n) is 11.7. The lowest BCUT2D eigenvalue weighted by Gasteiger charge is -2.17. The van der Waals surface area contributed by atoms with E-state index < -0.39 is 24.1 Å². The molecule has 0 fully saturated rings. The molecule has 1 aromatic carbocycles. The lowest BCUT2D eigenvalue weighted by Crippen LogP contribution is -2.36. The number of carbonyl (C=O) groups is 2. The summed E-state index contributed by atoms with van der Waals surface area (Å²) < 4.78 is 9.90. The number of ether oxygens (including phenoxy) is 2. The van der Waals surface area contributed by atoms with Crippen LogP contribution in [0.25, 0.3) is 0 Å². The van der Waals surface area contributed by atoms with Crippen LogP contribution >= 0.6 is 0 Å². The maximum Gasteiger partial charge on any atom is 0.353 e. The molecule has 7 heteroatoms. The van der Waals surface area contributed by atoms with Crippen LogP contribution in [0.15, 0.2) is 29.4 Å². The van der Waals surface area contributed by atoms with Gasteiger partial charge in [0.1, 0.15) is 5.75 Å². The van der Waals surface area contributed by atoms with Crippen LogP contribution in [0.5, 0.6) is 5.75 Å². The van der Waals surface area contributed by atoms with Crippen LogP contribution in [-0.4, -0.2) is 42.1 Å². The van der Waals surface area contributed by atoms with Gasteiger partial charge < -0.3 is 19.4 Å². The number of para-hydroxylation sites is 1. The largest absolute Gasteiger partial charge is 0.481 e. The highest BCUT2D eigenvalue weighted by Gasteiger charge is 2.43. The second-order valence-corrected chi connectivity index (χ2v) is 4.71. The number of carboxylic acid groups (broad SMARTS) is 1. The molecule has 1 aromatic rings. The second kappa shape index (κ2) is 5.82. The van der Waals surface area contributed by atoms with Gasteiger partial charge >= 0.3 is 11.9 Å². The van der Waals surface area contributed by atoms with Gasteiger partial charge in [-0.05, 0) is 19.1 Å². The molecular weight excluding hydrogens is 278 g/mol. The van der Waals surface area contributed by atoms with Crippen molar-refractivity contribution in [3.05, 3.63) is 29.8 Å². The first kappa shape index (κ1) is 14.8. The standard InChI is InChI=1S/C14H15NO6/c1-14(13(18)19-2)7-10(15-21-14)9-5-3-4-6-11(9)20-8-12(16)17/h3-6H,7-8H2,1-2H3,(H,16,17). The maximum absolute atomic E-state index is 11.7. The maximum atomic E-state index is 11.7. The number of benzene rings is 1. The van der Waals surface area contributed by atoms with Gasteiger partial charge in [0.2, 0.25) is 5.60 Å². The van der Waals surface area contributed by atoms with Crippen molar-refractivity contribution in [3.8, 4) is 5.75 Å². The van der Waals surface area contributed by atoms with Gasteiger partial charge in [-0.3, -0.25) is 0 Å². The molecule has 2 rings (SSSR count). The topological polar surface area (TPSA) is 94.4 Å². The van der Waals surface area contributed by atoms with Crippen molar-refractivity contribution in [3.63, 3.8) is 0 Å². The smallest absolute Gasteiger partial charge is 0.353 e. The quantitative estimate of drug-likeness (QED) is 0.820. The molecule has 0 spiro atoms. The molecule has 0 amide bonds. The molecule has 0 saturated heterocycles. The highest BCUT2D eigenvalue weighted by molar-refractivity contribution is 6.06.